The van der Waals surface area contributed by atoms with Gasteiger partial charge in [0.1, 0.15) is 12.2 Å². The van der Waals surface area contributed by atoms with Gasteiger partial charge in [-0.05, 0) is 6.42 Å². The zero-order chi connectivity index (χ0) is 11.2. The first kappa shape index (κ1) is 13.7. The highest BCUT2D eigenvalue weighted by Gasteiger charge is 2.35. The van der Waals surface area contributed by atoms with E-state index in [0.717, 1.165) is 0 Å². The van der Waals surface area contributed by atoms with Gasteiger partial charge in [-0.15, -0.1) is 0 Å². The molecule has 0 spiro atoms. The Hall–Kier alpha value is -0.330. The van der Waals surface area contributed by atoms with Crippen LogP contribution in [0.1, 0.15) is 19.8 Å². The van der Waals surface area contributed by atoms with E-state index in [1.165, 1.54) is 0 Å². The van der Waals surface area contributed by atoms with Gasteiger partial charge < -0.3 is 14.9 Å². The Morgan fingerprint density at radius 3 is 1.93 bits per heavy atom. The smallest absolute Gasteiger partial charge is 0.393 e. The summed E-state index contributed by atoms with van der Waals surface area (Å²) in [5.41, 5.74) is -1.47. The average Bonchev–Trinajstić information content (AvgIpc) is 2.11. The third kappa shape index (κ3) is 4.78. The lowest BCUT2D eigenvalue weighted by Crippen LogP contribution is -2.43. The molecule has 0 bridgehead atoms. The lowest BCUT2D eigenvalue weighted by Gasteiger charge is -2.30. The highest BCUT2D eigenvalue weighted by Crippen LogP contribution is 2.22. The molecular weight excluding hydrogens is 201 g/mol. The summed E-state index contributed by atoms with van der Waals surface area (Å²) < 4.78 is 39.9. The van der Waals surface area contributed by atoms with Crippen LogP contribution in [0, 0.1) is 0 Å². The van der Waals surface area contributed by atoms with Crippen molar-refractivity contribution < 1.29 is 28.1 Å². The maximum atomic E-state index is 11.8. The zero-order valence-corrected chi connectivity index (χ0v) is 7.97. The molecule has 0 aliphatic heterocycles. The Bertz CT molecular complexity index is 154. The standard InChI is InChI=1S/C8H15F3O3/c1-2-3-7(4-12,5-13)14-6-8(9,10)11/h12-13H,2-6H2,1H3. The minimum atomic E-state index is -4.44. The summed E-state index contributed by atoms with van der Waals surface area (Å²) in [6.07, 6.45) is -3.72. The van der Waals surface area contributed by atoms with Crippen molar-refractivity contribution in [2.45, 2.75) is 31.5 Å². The second-order valence-electron chi connectivity index (χ2n) is 3.15. The van der Waals surface area contributed by atoms with Crippen LogP contribution >= 0.6 is 0 Å². The van der Waals surface area contributed by atoms with Crippen LogP contribution in [0.2, 0.25) is 0 Å². The first-order valence-electron chi connectivity index (χ1n) is 4.31. The van der Waals surface area contributed by atoms with Gasteiger partial charge in [-0.2, -0.15) is 13.2 Å². The van der Waals surface area contributed by atoms with Gasteiger partial charge >= 0.3 is 6.18 Å². The van der Waals surface area contributed by atoms with Gasteiger partial charge in [-0.3, -0.25) is 0 Å². The Kier molecular flexibility index (Phi) is 5.40. The van der Waals surface area contributed by atoms with E-state index in [4.69, 9.17) is 10.2 Å². The molecule has 0 aliphatic rings. The molecule has 0 heterocycles. The third-order valence-electron chi connectivity index (χ3n) is 1.82. The van der Waals surface area contributed by atoms with Crippen molar-refractivity contribution in [2.24, 2.45) is 0 Å². The van der Waals surface area contributed by atoms with Crippen LogP contribution in [-0.4, -0.2) is 41.8 Å². The van der Waals surface area contributed by atoms with Crippen LogP contribution in [-0.2, 0) is 4.74 Å². The molecule has 0 aliphatic carbocycles. The molecule has 0 atom stereocenters. The molecule has 0 radical (unpaired) electrons. The number of ether oxygens (including phenoxy) is 1. The summed E-state index contributed by atoms with van der Waals surface area (Å²) in [5.74, 6) is 0. The highest BCUT2D eigenvalue weighted by atomic mass is 19.4. The minimum Gasteiger partial charge on any atom is -0.393 e. The van der Waals surface area contributed by atoms with E-state index >= 15 is 0 Å². The van der Waals surface area contributed by atoms with Crippen molar-refractivity contribution in [1.82, 2.24) is 0 Å². The van der Waals surface area contributed by atoms with Gasteiger partial charge in [0.25, 0.3) is 0 Å². The van der Waals surface area contributed by atoms with E-state index in [1.54, 1.807) is 6.92 Å². The van der Waals surface area contributed by atoms with E-state index in [1.807, 2.05) is 0 Å². The Balaban J connectivity index is 4.21. The summed E-state index contributed by atoms with van der Waals surface area (Å²) in [5, 5.41) is 17.7. The van der Waals surface area contributed by atoms with Gasteiger partial charge in [-0.1, -0.05) is 13.3 Å². The topological polar surface area (TPSA) is 49.7 Å². The lowest BCUT2D eigenvalue weighted by molar-refractivity contribution is -0.220. The Morgan fingerprint density at radius 2 is 1.64 bits per heavy atom. The number of aliphatic hydroxyl groups is 2. The lowest BCUT2D eigenvalue weighted by atomic mass is 10.0. The third-order valence-corrected chi connectivity index (χ3v) is 1.82. The van der Waals surface area contributed by atoms with Crippen LogP contribution in [0.3, 0.4) is 0 Å². The fourth-order valence-electron chi connectivity index (χ4n) is 1.06. The number of alkyl halides is 3. The van der Waals surface area contributed by atoms with Crippen molar-refractivity contribution in [3.8, 4) is 0 Å². The summed E-state index contributed by atoms with van der Waals surface area (Å²) in [6, 6.07) is 0. The molecule has 86 valence electrons. The maximum Gasteiger partial charge on any atom is 0.411 e. The fourth-order valence-corrected chi connectivity index (χ4v) is 1.06. The van der Waals surface area contributed by atoms with Crippen molar-refractivity contribution in [2.75, 3.05) is 19.8 Å². The molecule has 3 nitrogen and oxygen atoms in total. The average molecular weight is 216 g/mol. The van der Waals surface area contributed by atoms with E-state index in [9.17, 15) is 13.2 Å². The van der Waals surface area contributed by atoms with Gasteiger partial charge in [0.2, 0.25) is 0 Å². The maximum absolute atomic E-state index is 11.8. The van der Waals surface area contributed by atoms with Gasteiger partial charge in [0.15, 0.2) is 0 Å². The normalized spacial score (nSPS) is 13.3. The molecule has 6 heteroatoms. The van der Waals surface area contributed by atoms with Crippen LogP contribution in [0.4, 0.5) is 13.2 Å². The number of halogens is 3. The van der Waals surface area contributed by atoms with Crippen LogP contribution in [0.25, 0.3) is 0 Å². The number of hydrogen-bond donors (Lipinski definition) is 2. The largest absolute Gasteiger partial charge is 0.411 e. The van der Waals surface area contributed by atoms with Crippen molar-refractivity contribution in [1.29, 1.82) is 0 Å². The first-order chi connectivity index (χ1) is 6.39. The fraction of sp³-hybridized carbons (Fsp3) is 1.00. The molecule has 0 fully saturated rings. The molecule has 0 aromatic rings. The molecule has 0 saturated carbocycles. The Morgan fingerprint density at radius 1 is 1.14 bits per heavy atom. The molecule has 14 heavy (non-hydrogen) atoms. The van der Waals surface area contributed by atoms with Crippen molar-refractivity contribution in [3.05, 3.63) is 0 Å². The second-order valence-corrected chi connectivity index (χ2v) is 3.15. The summed E-state index contributed by atoms with van der Waals surface area (Å²) in [6.45, 7) is -0.952. The molecule has 0 aromatic carbocycles. The second kappa shape index (κ2) is 5.53. The predicted octanol–water partition coefficient (Wildman–Crippen LogP) is 1.09. The molecule has 0 unspecified atom stereocenters. The van der Waals surface area contributed by atoms with E-state index < -0.39 is 31.6 Å². The number of rotatable bonds is 6. The minimum absolute atomic E-state index is 0.191. The Labute approximate surface area is 80.5 Å². The predicted molar refractivity (Wildman–Crippen MR) is 43.8 cm³/mol. The van der Waals surface area contributed by atoms with Crippen LogP contribution < -0.4 is 0 Å². The zero-order valence-electron chi connectivity index (χ0n) is 7.97. The molecule has 0 amide bonds. The van der Waals surface area contributed by atoms with Crippen LogP contribution in [0.5, 0.6) is 0 Å². The molecule has 0 aromatic heterocycles. The van der Waals surface area contributed by atoms with E-state index in [-0.39, 0.29) is 6.42 Å². The van der Waals surface area contributed by atoms with Crippen molar-refractivity contribution >= 4 is 0 Å². The molecule has 0 saturated heterocycles. The monoisotopic (exact) mass is 216 g/mol. The molecule has 0 rings (SSSR count). The van der Waals surface area contributed by atoms with Crippen LogP contribution in [0.15, 0.2) is 0 Å². The molecular formula is C8H15F3O3. The summed E-state index contributed by atoms with van der Waals surface area (Å²) in [4.78, 5) is 0. The first-order valence-corrected chi connectivity index (χ1v) is 4.31. The summed E-state index contributed by atoms with van der Waals surface area (Å²) in [7, 11) is 0. The van der Waals surface area contributed by atoms with Gasteiger partial charge in [-0.25, -0.2) is 0 Å². The van der Waals surface area contributed by atoms with Gasteiger partial charge in [0.05, 0.1) is 13.2 Å². The SMILES string of the molecule is CCCC(CO)(CO)OCC(F)(F)F. The number of aliphatic hydroxyl groups excluding tert-OH is 2. The van der Waals surface area contributed by atoms with E-state index in [0.29, 0.717) is 6.42 Å². The van der Waals surface area contributed by atoms with Gasteiger partial charge in [0, 0.05) is 0 Å². The number of hydrogen-bond acceptors (Lipinski definition) is 3. The quantitative estimate of drug-likeness (QED) is 0.698. The van der Waals surface area contributed by atoms with Crippen molar-refractivity contribution in [3.63, 3.8) is 0 Å². The summed E-state index contributed by atoms with van der Waals surface area (Å²) >= 11 is 0. The molecule has 2 N–H and O–H groups in total. The highest BCUT2D eigenvalue weighted by molar-refractivity contribution is 4.79. The van der Waals surface area contributed by atoms with E-state index in [2.05, 4.69) is 4.74 Å².